The van der Waals surface area contributed by atoms with E-state index in [4.69, 9.17) is 0 Å². The number of nitrogens with zero attached hydrogens (tertiary/aromatic N) is 3. The van der Waals surface area contributed by atoms with Crippen LogP contribution in [0.4, 0.5) is 10.2 Å². The van der Waals surface area contributed by atoms with E-state index in [0.717, 1.165) is 29.3 Å². The van der Waals surface area contributed by atoms with Gasteiger partial charge in [-0.3, -0.25) is 4.98 Å². The molecule has 0 unspecified atom stereocenters. The minimum atomic E-state index is -0.261. The lowest BCUT2D eigenvalue weighted by Crippen LogP contribution is -2.01. The minimum Gasteiger partial charge on any atom is -0.369 e. The Labute approximate surface area is 122 Å². The van der Waals surface area contributed by atoms with E-state index in [2.05, 4.69) is 15.4 Å². The van der Waals surface area contributed by atoms with Crippen LogP contribution < -0.4 is 5.32 Å². The van der Waals surface area contributed by atoms with Gasteiger partial charge in [0.15, 0.2) is 0 Å². The zero-order chi connectivity index (χ0) is 14.7. The zero-order valence-electron chi connectivity index (χ0n) is 11.6. The number of anilines is 1. The van der Waals surface area contributed by atoms with Crippen LogP contribution in [-0.4, -0.2) is 21.3 Å². The number of benzene rings is 1. The summed E-state index contributed by atoms with van der Waals surface area (Å²) in [5.74, 6) is 0.525. The lowest BCUT2D eigenvalue weighted by atomic mass is 10.2. The van der Waals surface area contributed by atoms with Crippen molar-refractivity contribution >= 4 is 5.82 Å². The fraction of sp³-hybridized carbons (Fsp3) is 0.125. The maximum atomic E-state index is 13.1. The molecular weight excluding hydrogens is 267 g/mol. The van der Waals surface area contributed by atoms with Gasteiger partial charge >= 0.3 is 0 Å². The number of rotatable bonds is 4. The highest BCUT2D eigenvalue weighted by Gasteiger charge is 2.11. The van der Waals surface area contributed by atoms with E-state index < -0.39 is 0 Å². The smallest absolute Gasteiger partial charge is 0.149 e. The molecule has 3 aromatic rings. The van der Waals surface area contributed by atoms with E-state index in [1.165, 1.54) is 12.1 Å². The van der Waals surface area contributed by atoms with E-state index in [0.29, 0.717) is 0 Å². The molecule has 0 amide bonds. The van der Waals surface area contributed by atoms with E-state index >= 15 is 0 Å². The summed E-state index contributed by atoms with van der Waals surface area (Å²) in [4.78, 5) is 4.03. The molecule has 0 saturated heterocycles. The maximum Gasteiger partial charge on any atom is 0.149 e. The Hall–Kier alpha value is -2.69. The van der Waals surface area contributed by atoms with Gasteiger partial charge in [-0.25, -0.2) is 9.07 Å². The molecule has 0 radical (unpaired) electrons. The topological polar surface area (TPSA) is 42.7 Å². The van der Waals surface area contributed by atoms with Crippen molar-refractivity contribution in [3.05, 3.63) is 60.7 Å². The molecule has 0 aliphatic carbocycles. The summed E-state index contributed by atoms with van der Waals surface area (Å²) in [7, 11) is 0. The SMILES string of the molecule is CCNc1cc(-c2ccncc2)n(-c2ccc(F)cc2)n1. The first-order chi connectivity index (χ1) is 10.3. The molecule has 1 aromatic carbocycles. The zero-order valence-corrected chi connectivity index (χ0v) is 11.6. The van der Waals surface area contributed by atoms with Gasteiger partial charge in [-0.05, 0) is 43.3 Å². The first-order valence-corrected chi connectivity index (χ1v) is 6.78. The molecule has 3 rings (SSSR count). The van der Waals surface area contributed by atoms with E-state index in [9.17, 15) is 4.39 Å². The molecule has 21 heavy (non-hydrogen) atoms. The van der Waals surface area contributed by atoms with Crippen LogP contribution in [-0.2, 0) is 0 Å². The summed E-state index contributed by atoms with van der Waals surface area (Å²) >= 11 is 0. The average molecular weight is 282 g/mol. The highest BCUT2D eigenvalue weighted by atomic mass is 19.1. The van der Waals surface area contributed by atoms with Gasteiger partial charge in [-0.15, -0.1) is 5.10 Å². The Kier molecular flexibility index (Phi) is 3.64. The predicted octanol–water partition coefficient (Wildman–Crippen LogP) is 3.51. The van der Waals surface area contributed by atoms with E-state index in [1.807, 2.05) is 25.1 Å². The van der Waals surface area contributed by atoms with E-state index in [1.54, 1.807) is 29.2 Å². The van der Waals surface area contributed by atoms with Crippen molar-refractivity contribution in [1.82, 2.24) is 14.8 Å². The Morgan fingerprint density at radius 1 is 1.10 bits per heavy atom. The van der Waals surface area contributed by atoms with Crippen LogP contribution in [0.5, 0.6) is 0 Å². The summed E-state index contributed by atoms with van der Waals surface area (Å²) < 4.78 is 14.9. The number of nitrogens with one attached hydrogen (secondary N) is 1. The van der Waals surface area contributed by atoms with Crippen molar-refractivity contribution in [1.29, 1.82) is 0 Å². The maximum absolute atomic E-state index is 13.1. The molecule has 0 bridgehead atoms. The Morgan fingerprint density at radius 2 is 1.81 bits per heavy atom. The quantitative estimate of drug-likeness (QED) is 0.796. The summed E-state index contributed by atoms with van der Waals surface area (Å²) in [5.41, 5.74) is 2.75. The van der Waals surface area contributed by atoms with Gasteiger partial charge in [-0.2, -0.15) is 0 Å². The second-order valence-electron chi connectivity index (χ2n) is 4.57. The van der Waals surface area contributed by atoms with Gasteiger partial charge in [0, 0.05) is 30.6 Å². The van der Waals surface area contributed by atoms with Gasteiger partial charge in [0.1, 0.15) is 11.6 Å². The molecule has 2 aromatic heterocycles. The van der Waals surface area contributed by atoms with Gasteiger partial charge in [0.2, 0.25) is 0 Å². The van der Waals surface area contributed by atoms with Crippen molar-refractivity contribution in [2.75, 3.05) is 11.9 Å². The summed E-state index contributed by atoms with van der Waals surface area (Å²) in [6.45, 7) is 2.80. The minimum absolute atomic E-state index is 0.261. The normalized spacial score (nSPS) is 10.6. The lowest BCUT2D eigenvalue weighted by Gasteiger charge is -2.07. The molecule has 5 heteroatoms. The molecule has 4 nitrogen and oxygen atoms in total. The van der Waals surface area contributed by atoms with Gasteiger partial charge in [0.05, 0.1) is 11.4 Å². The van der Waals surface area contributed by atoms with Crippen LogP contribution >= 0.6 is 0 Å². The number of halogens is 1. The first-order valence-electron chi connectivity index (χ1n) is 6.78. The Morgan fingerprint density at radius 3 is 2.48 bits per heavy atom. The lowest BCUT2D eigenvalue weighted by molar-refractivity contribution is 0.627. The summed E-state index contributed by atoms with van der Waals surface area (Å²) in [5, 5.41) is 7.74. The molecular formula is C16H15FN4. The second-order valence-corrected chi connectivity index (χ2v) is 4.57. The van der Waals surface area contributed by atoms with Crippen molar-refractivity contribution in [2.24, 2.45) is 0 Å². The fourth-order valence-corrected chi connectivity index (χ4v) is 2.16. The van der Waals surface area contributed by atoms with Crippen LogP contribution in [0.1, 0.15) is 6.92 Å². The molecule has 0 fully saturated rings. The summed E-state index contributed by atoms with van der Waals surface area (Å²) in [6.07, 6.45) is 3.48. The van der Waals surface area contributed by atoms with E-state index in [-0.39, 0.29) is 5.82 Å². The van der Waals surface area contributed by atoms with Crippen molar-refractivity contribution < 1.29 is 4.39 Å². The highest BCUT2D eigenvalue weighted by molar-refractivity contribution is 5.65. The Balaban J connectivity index is 2.11. The Bertz CT molecular complexity index is 720. The van der Waals surface area contributed by atoms with Crippen LogP contribution in [0.3, 0.4) is 0 Å². The largest absolute Gasteiger partial charge is 0.369 e. The number of aromatic nitrogens is 3. The number of hydrogen-bond donors (Lipinski definition) is 1. The first kappa shape index (κ1) is 13.3. The predicted molar refractivity (Wildman–Crippen MR) is 80.9 cm³/mol. The fourth-order valence-electron chi connectivity index (χ4n) is 2.16. The van der Waals surface area contributed by atoms with Crippen LogP contribution in [0.15, 0.2) is 54.9 Å². The van der Waals surface area contributed by atoms with Crippen molar-refractivity contribution in [2.45, 2.75) is 6.92 Å². The number of hydrogen-bond acceptors (Lipinski definition) is 3. The summed E-state index contributed by atoms with van der Waals surface area (Å²) in [6, 6.07) is 12.1. The molecule has 1 N–H and O–H groups in total. The molecule has 0 spiro atoms. The molecule has 0 atom stereocenters. The standard InChI is InChI=1S/C16H15FN4/c1-2-19-16-11-15(12-7-9-18-10-8-12)21(20-16)14-5-3-13(17)4-6-14/h3-11H,2H2,1H3,(H,19,20). The third-order valence-corrected chi connectivity index (χ3v) is 3.11. The third-order valence-electron chi connectivity index (χ3n) is 3.11. The molecule has 0 aliphatic rings. The van der Waals surface area contributed by atoms with Gasteiger partial charge in [0.25, 0.3) is 0 Å². The van der Waals surface area contributed by atoms with Crippen molar-refractivity contribution in [3.63, 3.8) is 0 Å². The van der Waals surface area contributed by atoms with Crippen LogP contribution in [0, 0.1) is 5.82 Å². The monoisotopic (exact) mass is 282 g/mol. The van der Waals surface area contributed by atoms with Crippen molar-refractivity contribution in [3.8, 4) is 16.9 Å². The molecule has 0 aliphatic heterocycles. The number of pyridine rings is 1. The average Bonchev–Trinajstić information content (AvgIpc) is 2.93. The van der Waals surface area contributed by atoms with Crippen LogP contribution in [0.25, 0.3) is 16.9 Å². The molecule has 0 saturated carbocycles. The van der Waals surface area contributed by atoms with Gasteiger partial charge in [-0.1, -0.05) is 0 Å². The van der Waals surface area contributed by atoms with Gasteiger partial charge < -0.3 is 5.32 Å². The third kappa shape index (κ3) is 2.76. The second kappa shape index (κ2) is 5.75. The molecule has 106 valence electrons. The van der Waals surface area contributed by atoms with Crippen LogP contribution in [0.2, 0.25) is 0 Å². The molecule has 2 heterocycles. The highest BCUT2D eigenvalue weighted by Crippen LogP contribution is 2.25.